The highest BCUT2D eigenvalue weighted by molar-refractivity contribution is 6.31. The first-order valence-electron chi connectivity index (χ1n) is 8.75. The van der Waals surface area contributed by atoms with Gasteiger partial charge in [-0.3, -0.25) is 9.89 Å². The zero-order valence-electron chi connectivity index (χ0n) is 14.6. The molecule has 0 spiro atoms. The number of rotatable bonds is 5. The van der Waals surface area contributed by atoms with Crippen molar-refractivity contribution >= 4 is 17.6 Å². The number of benzene rings is 2. The fourth-order valence-corrected chi connectivity index (χ4v) is 3.23. The Bertz CT molecular complexity index is 779. The summed E-state index contributed by atoms with van der Waals surface area (Å²) in [5, 5.41) is 22.8. The molecule has 1 aliphatic rings. The summed E-state index contributed by atoms with van der Waals surface area (Å²) < 4.78 is 0. The number of hydrogen-bond acceptors (Lipinski definition) is 6. The van der Waals surface area contributed by atoms with Gasteiger partial charge in [-0.15, -0.1) is 0 Å². The Kier molecular flexibility index (Phi) is 5.86. The fraction of sp³-hybridized carbons (Fsp3) is 0.300. The van der Waals surface area contributed by atoms with Crippen LogP contribution in [0.25, 0.3) is 0 Å². The molecular weight excluding hydrogens is 328 g/mol. The van der Waals surface area contributed by atoms with Crippen molar-refractivity contribution in [2.24, 2.45) is 15.9 Å². The van der Waals surface area contributed by atoms with E-state index in [1.165, 1.54) is 5.56 Å². The van der Waals surface area contributed by atoms with Gasteiger partial charge < -0.3 is 16.1 Å². The lowest BCUT2D eigenvalue weighted by Crippen LogP contribution is -2.37. The molecule has 0 amide bonds. The van der Waals surface area contributed by atoms with E-state index in [-0.39, 0.29) is 5.75 Å². The van der Waals surface area contributed by atoms with E-state index < -0.39 is 0 Å². The summed E-state index contributed by atoms with van der Waals surface area (Å²) in [6.45, 7) is 2.56. The van der Waals surface area contributed by atoms with Gasteiger partial charge in [0, 0.05) is 6.54 Å². The Labute approximate surface area is 153 Å². The molecule has 0 saturated carbocycles. The second-order valence-corrected chi connectivity index (χ2v) is 6.54. The van der Waals surface area contributed by atoms with Gasteiger partial charge in [-0.05, 0) is 73.8 Å². The third-order valence-corrected chi connectivity index (χ3v) is 4.69. The maximum atomic E-state index is 9.65. The Hall–Kier alpha value is -2.86. The molecule has 3 rings (SSSR count). The quantitative estimate of drug-likeness (QED) is 0.438. The van der Waals surface area contributed by atoms with Gasteiger partial charge in [-0.1, -0.05) is 12.1 Å². The third kappa shape index (κ3) is 4.83. The van der Waals surface area contributed by atoms with Crippen LogP contribution in [0.5, 0.6) is 11.5 Å². The number of likely N-dealkylation sites (tertiary alicyclic amines) is 1. The van der Waals surface area contributed by atoms with Crippen molar-refractivity contribution in [3.8, 4) is 11.5 Å². The number of hydrogen-bond donors (Lipinski definition) is 3. The minimum atomic E-state index is 0.214. The zero-order chi connectivity index (χ0) is 18.4. The average Bonchev–Trinajstić information content (AvgIpc) is 2.67. The van der Waals surface area contributed by atoms with E-state index in [2.05, 4.69) is 21.1 Å². The minimum absolute atomic E-state index is 0.214. The van der Waals surface area contributed by atoms with E-state index >= 15 is 0 Å². The monoisotopic (exact) mass is 352 g/mol. The van der Waals surface area contributed by atoms with Crippen LogP contribution in [0.15, 0.2) is 58.6 Å². The molecule has 136 valence electrons. The molecule has 0 aromatic heterocycles. The SMILES string of the molecule is NN=C(C=Nc1ccc(O)cc1)CN1CCC(c2cccc(O)c2)CC1. The van der Waals surface area contributed by atoms with Crippen molar-refractivity contribution in [1.82, 2.24) is 4.90 Å². The number of hydrazone groups is 1. The molecule has 0 unspecified atom stereocenters. The molecule has 0 bridgehead atoms. The number of phenolic OH excluding ortho intramolecular Hbond substituents is 2. The summed E-state index contributed by atoms with van der Waals surface area (Å²) in [7, 11) is 0. The smallest absolute Gasteiger partial charge is 0.115 e. The van der Waals surface area contributed by atoms with Crippen LogP contribution in [0.3, 0.4) is 0 Å². The number of aromatic hydroxyl groups is 2. The number of nitrogens with zero attached hydrogens (tertiary/aromatic N) is 3. The first kappa shape index (κ1) is 17.9. The van der Waals surface area contributed by atoms with Gasteiger partial charge in [-0.2, -0.15) is 5.10 Å². The Balaban J connectivity index is 1.53. The number of phenols is 2. The second-order valence-electron chi connectivity index (χ2n) is 6.54. The minimum Gasteiger partial charge on any atom is -0.508 e. The number of aliphatic imine (C=N–C) groups is 1. The van der Waals surface area contributed by atoms with Gasteiger partial charge in [-0.25, -0.2) is 0 Å². The highest BCUT2D eigenvalue weighted by Crippen LogP contribution is 2.29. The topological polar surface area (TPSA) is 94.4 Å². The van der Waals surface area contributed by atoms with Gasteiger partial charge in [0.25, 0.3) is 0 Å². The molecule has 6 nitrogen and oxygen atoms in total. The Morgan fingerprint density at radius 2 is 1.81 bits per heavy atom. The van der Waals surface area contributed by atoms with Gasteiger partial charge in [0.05, 0.1) is 17.6 Å². The highest BCUT2D eigenvalue weighted by Gasteiger charge is 2.21. The molecule has 1 aliphatic heterocycles. The van der Waals surface area contributed by atoms with Crippen molar-refractivity contribution in [3.05, 3.63) is 54.1 Å². The van der Waals surface area contributed by atoms with Crippen molar-refractivity contribution in [1.29, 1.82) is 0 Å². The molecule has 6 heteroatoms. The molecule has 26 heavy (non-hydrogen) atoms. The third-order valence-electron chi connectivity index (χ3n) is 4.69. The predicted octanol–water partition coefficient (Wildman–Crippen LogP) is 2.99. The molecular formula is C20H24N4O2. The lowest BCUT2D eigenvalue weighted by molar-refractivity contribution is 0.239. The van der Waals surface area contributed by atoms with Crippen LogP contribution >= 0.6 is 0 Å². The zero-order valence-corrected chi connectivity index (χ0v) is 14.6. The van der Waals surface area contributed by atoms with Gasteiger partial charge in [0.2, 0.25) is 0 Å². The van der Waals surface area contributed by atoms with Crippen molar-refractivity contribution in [2.75, 3.05) is 19.6 Å². The van der Waals surface area contributed by atoms with Crippen LogP contribution in [0.1, 0.15) is 24.3 Å². The predicted molar refractivity (Wildman–Crippen MR) is 104 cm³/mol. The van der Waals surface area contributed by atoms with Crippen LogP contribution in [-0.2, 0) is 0 Å². The summed E-state index contributed by atoms with van der Waals surface area (Å²) in [6.07, 6.45) is 3.75. The molecule has 1 heterocycles. The summed E-state index contributed by atoms with van der Waals surface area (Å²) in [5.74, 6) is 6.53. The fourth-order valence-electron chi connectivity index (χ4n) is 3.23. The van der Waals surface area contributed by atoms with Gasteiger partial charge in [0.15, 0.2) is 0 Å². The Morgan fingerprint density at radius 1 is 1.08 bits per heavy atom. The molecule has 2 aromatic carbocycles. The molecule has 0 atom stereocenters. The number of nitrogens with two attached hydrogens (primary N) is 1. The van der Waals surface area contributed by atoms with Crippen LogP contribution in [0.2, 0.25) is 0 Å². The molecule has 1 fully saturated rings. The summed E-state index contributed by atoms with van der Waals surface area (Å²) in [4.78, 5) is 6.67. The van der Waals surface area contributed by atoms with Gasteiger partial charge >= 0.3 is 0 Å². The van der Waals surface area contributed by atoms with Crippen molar-refractivity contribution in [3.63, 3.8) is 0 Å². The average molecular weight is 352 g/mol. The van der Waals surface area contributed by atoms with Crippen LogP contribution in [0, 0.1) is 0 Å². The molecule has 0 aliphatic carbocycles. The lowest BCUT2D eigenvalue weighted by atomic mass is 9.89. The standard InChI is InChI=1S/C20H24N4O2/c21-23-18(13-22-17-4-6-19(25)7-5-17)14-24-10-8-15(9-11-24)16-2-1-3-20(26)12-16/h1-7,12-13,15,25-26H,8-11,14,21H2. The lowest BCUT2D eigenvalue weighted by Gasteiger charge is -2.32. The normalized spacial score (nSPS) is 17.0. The maximum Gasteiger partial charge on any atom is 0.115 e. The first-order chi connectivity index (χ1) is 12.6. The van der Waals surface area contributed by atoms with E-state index in [0.29, 0.717) is 23.9 Å². The molecule has 4 N–H and O–H groups in total. The molecule has 2 aromatic rings. The first-order valence-corrected chi connectivity index (χ1v) is 8.75. The highest BCUT2D eigenvalue weighted by atomic mass is 16.3. The molecule has 1 saturated heterocycles. The summed E-state index contributed by atoms with van der Waals surface area (Å²) in [5.41, 5.74) is 2.66. The summed E-state index contributed by atoms with van der Waals surface area (Å²) >= 11 is 0. The van der Waals surface area contributed by atoms with E-state index in [4.69, 9.17) is 5.84 Å². The Morgan fingerprint density at radius 3 is 2.46 bits per heavy atom. The molecule has 0 radical (unpaired) electrons. The van der Waals surface area contributed by atoms with Crippen LogP contribution < -0.4 is 5.84 Å². The van der Waals surface area contributed by atoms with E-state index in [1.54, 1.807) is 36.5 Å². The summed E-state index contributed by atoms with van der Waals surface area (Å²) in [6, 6.07) is 14.2. The van der Waals surface area contributed by atoms with Crippen LogP contribution in [0.4, 0.5) is 5.69 Å². The van der Waals surface area contributed by atoms with Crippen molar-refractivity contribution < 1.29 is 10.2 Å². The van der Waals surface area contributed by atoms with Crippen LogP contribution in [-0.4, -0.2) is 46.7 Å². The maximum absolute atomic E-state index is 9.65. The van der Waals surface area contributed by atoms with E-state index in [9.17, 15) is 10.2 Å². The van der Waals surface area contributed by atoms with E-state index in [1.807, 2.05) is 12.1 Å². The number of piperidine rings is 1. The van der Waals surface area contributed by atoms with Crippen molar-refractivity contribution in [2.45, 2.75) is 18.8 Å². The largest absolute Gasteiger partial charge is 0.508 e. The van der Waals surface area contributed by atoms with E-state index in [0.717, 1.165) is 31.6 Å². The van der Waals surface area contributed by atoms with Gasteiger partial charge in [0.1, 0.15) is 11.5 Å². The second kappa shape index (κ2) is 8.49.